The molecule has 0 aromatic heterocycles. The van der Waals surface area contributed by atoms with Gasteiger partial charge in [-0.3, -0.25) is 9.59 Å². The molecule has 128 valence electrons. The third-order valence-corrected chi connectivity index (χ3v) is 3.28. The fraction of sp³-hybridized carbons (Fsp3) is 0.500. The van der Waals surface area contributed by atoms with E-state index in [1.54, 1.807) is 13.8 Å². The van der Waals surface area contributed by atoms with Crippen LogP contribution in [0.3, 0.4) is 0 Å². The molecule has 1 aromatic carbocycles. The zero-order chi connectivity index (χ0) is 17.4. The van der Waals surface area contributed by atoms with Gasteiger partial charge in [0.2, 0.25) is 5.91 Å². The number of carbonyl (C=O) groups is 2. The van der Waals surface area contributed by atoms with Crippen LogP contribution in [0.25, 0.3) is 0 Å². The third-order valence-electron chi connectivity index (χ3n) is 3.28. The number of carbonyl (C=O) groups excluding carboxylic acids is 2. The smallest absolute Gasteiger partial charge is 0.257 e. The molecule has 0 spiro atoms. The van der Waals surface area contributed by atoms with Gasteiger partial charge in [0.05, 0.1) is 0 Å². The van der Waals surface area contributed by atoms with Gasteiger partial charge in [0, 0.05) is 13.1 Å². The highest BCUT2D eigenvalue weighted by Crippen LogP contribution is 2.13. The molecule has 0 saturated carbocycles. The van der Waals surface area contributed by atoms with Gasteiger partial charge >= 0.3 is 0 Å². The number of nitrogens with one attached hydrogen (secondary N) is 3. The van der Waals surface area contributed by atoms with Crippen LogP contribution >= 0.6 is 0 Å². The van der Waals surface area contributed by atoms with Crippen molar-refractivity contribution in [3.8, 4) is 0 Å². The predicted octanol–water partition coefficient (Wildman–Crippen LogP) is 1.44. The maximum absolute atomic E-state index is 13.6. The molecule has 7 heteroatoms. The van der Waals surface area contributed by atoms with Crippen LogP contribution in [0.15, 0.2) is 18.2 Å². The Morgan fingerprint density at radius 1 is 1.13 bits per heavy atom. The molecule has 0 saturated heterocycles. The zero-order valence-corrected chi connectivity index (χ0v) is 13.6. The first kappa shape index (κ1) is 19.0. The third kappa shape index (κ3) is 5.59. The van der Waals surface area contributed by atoms with Crippen LogP contribution in [0.1, 0.15) is 31.1 Å². The summed E-state index contributed by atoms with van der Waals surface area (Å²) in [6, 6.07) is 2.30. The van der Waals surface area contributed by atoms with E-state index >= 15 is 0 Å². The first-order valence-electron chi connectivity index (χ1n) is 7.61. The maximum atomic E-state index is 13.6. The van der Waals surface area contributed by atoms with E-state index in [1.165, 1.54) is 6.07 Å². The van der Waals surface area contributed by atoms with Crippen molar-refractivity contribution in [2.24, 2.45) is 5.92 Å². The molecular weight excluding hydrogens is 304 g/mol. The fourth-order valence-corrected chi connectivity index (χ4v) is 2.02. The molecule has 1 unspecified atom stereocenters. The molecule has 0 aliphatic rings. The first-order valence-corrected chi connectivity index (χ1v) is 7.61. The van der Waals surface area contributed by atoms with E-state index < -0.39 is 29.1 Å². The van der Waals surface area contributed by atoms with Crippen LogP contribution in [-0.2, 0) is 4.79 Å². The summed E-state index contributed by atoms with van der Waals surface area (Å²) in [5.41, 5.74) is -0.682. The van der Waals surface area contributed by atoms with Crippen molar-refractivity contribution in [3.63, 3.8) is 0 Å². The van der Waals surface area contributed by atoms with Crippen molar-refractivity contribution in [3.05, 3.63) is 35.4 Å². The van der Waals surface area contributed by atoms with E-state index in [0.717, 1.165) is 18.7 Å². The Kier molecular flexibility index (Phi) is 7.61. The number of amides is 2. The van der Waals surface area contributed by atoms with E-state index in [4.69, 9.17) is 0 Å². The van der Waals surface area contributed by atoms with Crippen LogP contribution < -0.4 is 16.0 Å². The molecule has 1 atom stereocenters. The molecular formula is C16H23F2N3O2. The van der Waals surface area contributed by atoms with Gasteiger partial charge in [0.15, 0.2) is 0 Å². The van der Waals surface area contributed by atoms with Gasteiger partial charge in [-0.15, -0.1) is 0 Å². The molecule has 1 rings (SSSR count). The van der Waals surface area contributed by atoms with Crippen molar-refractivity contribution in [1.82, 2.24) is 16.0 Å². The van der Waals surface area contributed by atoms with Gasteiger partial charge in [-0.05, 0) is 24.6 Å². The number of hydrogen-bond acceptors (Lipinski definition) is 3. The number of hydrogen-bond donors (Lipinski definition) is 3. The second-order valence-corrected chi connectivity index (χ2v) is 5.44. The van der Waals surface area contributed by atoms with E-state index in [9.17, 15) is 18.4 Å². The van der Waals surface area contributed by atoms with E-state index in [2.05, 4.69) is 16.0 Å². The zero-order valence-electron chi connectivity index (χ0n) is 13.6. The molecule has 0 heterocycles. The summed E-state index contributed by atoms with van der Waals surface area (Å²) in [7, 11) is 0. The highest BCUT2D eigenvalue weighted by Gasteiger charge is 2.26. The van der Waals surface area contributed by atoms with Crippen LogP contribution in [-0.4, -0.2) is 37.5 Å². The predicted molar refractivity (Wildman–Crippen MR) is 84.0 cm³/mol. The van der Waals surface area contributed by atoms with Gasteiger partial charge in [-0.2, -0.15) is 0 Å². The fourth-order valence-electron chi connectivity index (χ4n) is 2.02. The Balaban J connectivity index is 2.76. The second kappa shape index (κ2) is 9.19. The van der Waals surface area contributed by atoms with Crippen molar-refractivity contribution in [1.29, 1.82) is 0 Å². The van der Waals surface area contributed by atoms with Crippen LogP contribution in [0.2, 0.25) is 0 Å². The minimum atomic E-state index is -0.961. The standard InChI is InChI=1S/C16H23F2N3O2/c1-4-19-8-9-20-16(23)14(10(2)3)21-15(22)13-11(17)6-5-7-12(13)18/h5-7,10,14,19H,4,8-9H2,1-3H3,(H,20,23)(H,21,22). The molecule has 0 aliphatic heterocycles. The topological polar surface area (TPSA) is 70.2 Å². The molecule has 0 bridgehead atoms. The summed E-state index contributed by atoms with van der Waals surface area (Å²) in [5.74, 6) is -3.48. The van der Waals surface area contributed by atoms with Crippen molar-refractivity contribution >= 4 is 11.8 Å². The summed E-state index contributed by atoms with van der Waals surface area (Å²) in [5, 5.41) is 8.14. The summed E-state index contributed by atoms with van der Waals surface area (Å²) in [4.78, 5) is 24.2. The van der Waals surface area contributed by atoms with Crippen LogP contribution in [0.4, 0.5) is 8.78 Å². The Hall–Kier alpha value is -2.02. The first-order chi connectivity index (χ1) is 10.9. The lowest BCUT2D eigenvalue weighted by Gasteiger charge is -2.22. The number of halogens is 2. The average molecular weight is 327 g/mol. The van der Waals surface area contributed by atoms with Gasteiger partial charge < -0.3 is 16.0 Å². The van der Waals surface area contributed by atoms with Crippen molar-refractivity contribution in [2.75, 3.05) is 19.6 Å². The Labute approximate surface area is 134 Å². The van der Waals surface area contributed by atoms with E-state index in [1.807, 2.05) is 6.92 Å². The molecule has 5 nitrogen and oxygen atoms in total. The van der Waals surface area contributed by atoms with E-state index in [0.29, 0.717) is 13.1 Å². The summed E-state index contributed by atoms with van der Waals surface area (Å²) in [6.45, 7) is 7.22. The normalized spacial score (nSPS) is 12.1. The number of benzene rings is 1. The Bertz CT molecular complexity index is 530. The SMILES string of the molecule is CCNCCNC(=O)C(NC(=O)c1c(F)cccc1F)C(C)C. The summed E-state index contributed by atoms with van der Waals surface area (Å²) < 4.78 is 27.3. The molecule has 0 aliphatic carbocycles. The highest BCUT2D eigenvalue weighted by atomic mass is 19.1. The minimum absolute atomic E-state index is 0.229. The quantitative estimate of drug-likeness (QED) is 0.633. The highest BCUT2D eigenvalue weighted by molar-refractivity contribution is 5.98. The maximum Gasteiger partial charge on any atom is 0.257 e. The molecule has 0 fully saturated rings. The van der Waals surface area contributed by atoms with Crippen LogP contribution in [0.5, 0.6) is 0 Å². The van der Waals surface area contributed by atoms with Crippen molar-refractivity contribution in [2.45, 2.75) is 26.8 Å². The second-order valence-electron chi connectivity index (χ2n) is 5.44. The molecule has 0 radical (unpaired) electrons. The largest absolute Gasteiger partial charge is 0.353 e. The van der Waals surface area contributed by atoms with Gasteiger partial charge in [-0.1, -0.05) is 26.8 Å². The Morgan fingerprint density at radius 3 is 2.26 bits per heavy atom. The molecule has 3 N–H and O–H groups in total. The number of likely N-dealkylation sites (N-methyl/N-ethyl adjacent to an activating group) is 1. The number of rotatable bonds is 8. The van der Waals surface area contributed by atoms with E-state index in [-0.39, 0.29) is 11.8 Å². The molecule has 2 amide bonds. The van der Waals surface area contributed by atoms with Gasteiger partial charge in [-0.25, -0.2) is 8.78 Å². The van der Waals surface area contributed by atoms with Crippen molar-refractivity contribution < 1.29 is 18.4 Å². The lowest BCUT2D eigenvalue weighted by molar-refractivity contribution is -0.123. The lowest BCUT2D eigenvalue weighted by atomic mass is 10.0. The lowest BCUT2D eigenvalue weighted by Crippen LogP contribution is -2.51. The Morgan fingerprint density at radius 2 is 1.74 bits per heavy atom. The minimum Gasteiger partial charge on any atom is -0.353 e. The molecule has 1 aromatic rings. The van der Waals surface area contributed by atoms with Gasteiger partial charge in [0.25, 0.3) is 5.91 Å². The van der Waals surface area contributed by atoms with Crippen LogP contribution in [0, 0.1) is 17.6 Å². The summed E-state index contributed by atoms with van der Waals surface area (Å²) >= 11 is 0. The molecule has 23 heavy (non-hydrogen) atoms. The average Bonchev–Trinajstić information content (AvgIpc) is 2.48. The summed E-state index contributed by atoms with van der Waals surface area (Å²) in [6.07, 6.45) is 0. The monoisotopic (exact) mass is 327 g/mol. The van der Waals surface area contributed by atoms with Gasteiger partial charge in [0.1, 0.15) is 23.2 Å².